The smallest absolute Gasteiger partial charge is 0.139 e. The van der Waals surface area contributed by atoms with Gasteiger partial charge in [0.1, 0.15) is 12.4 Å². The summed E-state index contributed by atoms with van der Waals surface area (Å²) in [4.78, 5) is 4.64. The molecule has 0 bridgehead atoms. The summed E-state index contributed by atoms with van der Waals surface area (Å²) in [7, 11) is 1.93. The van der Waals surface area contributed by atoms with Gasteiger partial charge in [0.25, 0.3) is 0 Å². The van der Waals surface area contributed by atoms with Crippen molar-refractivity contribution in [2.45, 2.75) is 13.0 Å². The molecule has 0 amide bonds. The Bertz CT molecular complexity index is 837. The number of likely N-dealkylation sites (N-methyl/N-ethyl adjacent to an activating group) is 1. The van der Waals surface area contributed by atoms with Crippen LogP contribution in [0.25, 0.3) is 11.3 Å². The summed E-state index contributed by atoms with van der Waals surface area (Å²) in [5, 5.41) is 7.31. The van der Waals surface area contributed by atoms with Crippen molar-refractivity contribution in [2.75, 3.05) is 13.6 Å². The van der Waals surface area contributed by atoms with E-state index in [-0.39, 0.29) is 0 Å². The lowest BCUT2D eigenvalue weighted by atomic mass is 10.1. The van der Waals surface area contributed by atoms with Crippen LogP contribution in [0.5, 0.6) is 5.75 Å². The zero-order valence-corrected chi connectivity index (χ0v) is 16.1. The maximum absolute atomic E-state index is 6.44. The number of aromatic nitrogens is 1. The van der Waals surface area contributed by atoms with Crippen molar-refractivity contribution in [3.05, 3.63) is 68.5 Å². The van der Waals surface area contributed by atoms with Crippen LogP contribution in [0.1, 0.15) is 10.6 Å². The van der Waals surface area contributed by atoms with Crippen molar-refractivity contribution in [1.29, 1.82) is 0 Å². The minimum atomic E-state index is 0.446. The molecule has 0 saturated carbocycles. The fourth-order valence-corrected chi connectivity index (χ4v) is 3.62. The van der Waals surface area contributed by atoms with Crippen LogP contribution < -0.4 is 10.1 Å². The zero-order chi connectivity index (χ0) is 17.6. The van der Waals surface area contributed by atoms with Crippen molar-refractivity contribution in [3.8, 4) is 17.0 Å². The number of nitrogens with zero attached hydrogens (tertiary/aromatic N) is 1. The Morgan fingerprint density at radius 1 is 1.12 bits per heavy atom. The number of benzene rings is 2. The van der Waals surface area contributed by atoms with Gasteiger partial charge >= 0.3 is 0 Å². The summed E-state index contributed by atoms with van der Waals surface area (Å²) < 4.78 is 5.81. The molecular weight excluding hydrogens is 375 g/mol. The van der Waals surface area contributed by atoms with E-state index in [2.05, 4.69) is 10.3 Å². The predicted molar refractivity (Wildman–Crippen MR) is 106 cm³/mol. The van der Waals surface area contributed by atoms with Gasteiger partial charge in [-0.25, -0.2) is 4.98 Å². The van der Waals surface area contributed by atoms with Crippen LogP contribution in [-0.2, 0) is 13.0 Å². The molecule has 6 heteroatoms. The van der Waals surface area contributed by atoms with Gasteiger partial charge in [0.2, 0.25) is 0 Å². The molecule has 2 aromatic carbocycles. The number of nitrogens with one attached hydrogen (secondary N) is 1. The summed E-state index contributed by atoms with van der Waals surface area (Å²) in [5.41, 5.74) is 2.75. The van der Waals surface area contributed by atoms with E-state index in [1.54, 1.807) is 17.4 Å². The van der Waals surface area contributed by atoms with Gasteiger partial charge in [-0.2, -0.15) is 0 Å². The maximum atomic E-state index is 6.44. The second-order valence-electron chi connectivity index (χ2n) is 5.52. The number of thiazole rings is 1. The van der Waals surface area contributed by atoms with Gasteiger partial charge in [0.15, 0.2) is 0 Å². The first kappa shape index (κ1) is 18.2. The summed E-state index contributed by atoms with van der Waals surface area (Å²) in [5.74, 6) is 0.574. The van der Waals surface area contributed by atoms with Crippen molar-refractivity contribution >= 4 is 34.5 Å². The van der Waals surface area contributed by atoms with Crippen LogP contribution in [0, 0.1) is 0 Å². The lowest BCUT2D eigenvalue weighted by Crippen LogP contribution is -2.09. The Morgan fingerprint density at radius 2 is 1.92 bits per heavy atom. The highest BCUT2D eigenvalue weighted by Crippen LogP contribution is 2.37. The SMILES string of the molecule is CNCCc1nc(-c2cc(Cl)c(OCc3ccccc3)cc2Cl)cs1. The third-order valence-corrected chi connectivity index (χ3v) is 5.19. The molecule has 1 aromatic heterocycles. The van der Waals surface area contributed by atoms with Crippen LogP contribution in [-0.4, -0.2) is 18.6 Å². The minimum absolute atomic E-state index is 0.446. The van der Waals surface area contributed by atoms with E-state index in [1.807, 2.05) is 48.8 Å². The Kier molecular flexibility index (Phi) is 6.32. The van der Waals surface area contributed by atoms with Crippen molar-refractivity contribution < 1.29 is 4.74 Å². The molecule has 1 N–H and O–H groups in total. The first-order chi connectivity index (χ1) is 12.2. The highest BCUT2D eigenvalue weighted by Gasteiger charge is 2.13. The molecule has 3 aromatic rings. The average Bonchev–Trinajstić information content (AvgIpc) is 3.10. The third-order valence-electron chi connectivity index (χ3n) is 3.68. The number of ether oxygens (including phenoxy) is 1. The molecule has 0 radical (unpaired) electrons. The molecule has 130 valence electrons. The number of hydrogen-bond donors (Lipinski definition) is 1. The molecule has 0 saturated heterocycles. The van der Waals surface area contributed by atoms with Crippen molar-refractivity contribution in [1.82, 2.24) is 10.3 Å². The van der Waals surface area contributed by atoms with Crippen LogP contribution in [0.4, 0.5) is 0 Å². The van der Waals surface area contributed by atoms with Gasteiger partial charge in [0.05, 0.1) is 20.7 Å². The Hall–Kier alpha value is -1.59. The molecule has 3 rings (SSSR count). The van der Waals surface area contributed by atoms with E-state index in [0.717, 1.165) is 34.8 Å². The van der Waals surface area contributed by atoms with E-state index in [9.17, 15) is 0 Å². The Balaban J connectivity index is 1.76. The first-order valence-corrected chi connectivity index (χ1v) is 9.56. The third kappa shape index (κ3) is 4.73. The van der Waals surface area contributed by atoms with E-state index in [0.29, 0.717) is 22.4 Å². The summed E-state index contributed by atoms with van der Waals surface area (Å²) in [6, 6.07) is 13.5. The molecule has 0 fully saturated rings. The van der Waals surface area contributed by atoms with E-state index < -0.39 is 0 Å². The van der Waals surface area contributed by atoms with E-state index >= 15 is 0 Å². The molecular formula is C19H18Cl2N2OS. The van der Waals surface area contributed by atoms with Crippen molar-refractivity contribution in [3.63, 3.8) is 0 Å². The molecule has 0 atom stereocenters. The fourth-order valence-electron chi connectivity index (χ4n) is 2.35. The molecule has 1 heterocycles. The first-order valence-electron chi connectivity index (χ1n) is 7.92. The fraction of sp³-hybridized carbons (Fsp3) is 0.211. The van der Waals surface area contributed by atoms with Crippen LogP contribution in [0.15, 0.2) is 47.8 Å². The lowest BCUT2D eigenvalue weighted by molar-refractivity contribution is 0.306. The van der Waals surface area contributed by atoms with Crippen LogP contribution >= 0.6 is 34.5 Å². The average molecular weight is 393 g/mol. The normalized spacial score (nSPS) is 10.8. The molecule has 3 nitrogen and oxygen atoms in total. The monoisotopic (exact) mass is 392 g/mol. The maximum Gasteiger partial charge on any atom is 0.139 e. The van der Waals surface area contributed by atoms with Gasteiger partial charge in [-0.3, -0.25) is 0 Å². The minimum Gasteiger partial charge on any atom is -0.487 e. The largest absolute Gasteiger partial charge is 0.487 e. The number of halogens is 2. The van der Waals surface area contributed by atoms with Crippen LogP contribution in [0.2, 0.25) is 10.0 Å². The van der Waals surface area contributed by atoms with Gasteiger partial charge in [0, 0.05) is 30.0 Å². The predicted octanol–water partition coefficient (Wildman–Crippen LogP) is 5.46. The van der Waals surface area contributed by atoms with Gasteiger partial charge in [-0.1, -0.05) is 53.5 Å². The van der Waals surface area contributed by atoms with Crippen LogP contribution in [0.3, 0.4) is 0 Å². The van der Waals surface area contributed by atoms with Gasteiger partial charge in [-0.15, -0.1) is 11.3 Å². The molecule has 0 aliphatic heterocycles. The molecule has 0 aliphatic rings. The second-order valence-corrected chi connectivity index (χ2v) is 7.27. The highest BCUT2D eigenvalue weighted by molar-refractivity contribution is 7.10. The molecule has 0 spiro atoms. The number of hydrogen-bond acceptors (Lipinski definition) is 4. The topological polar surface area (TPSA) is 34.2 Å². The lowest BCUT2D eigenvalue weighted by Gasteiger charge is -2.11. The number of rotatable bonds is 7. The Morgan fingerprint density at radius 3 is 2.68 bits per heavy atom. The summed E-state index contributed by atoms with van der Waals surface area (Å²) in [6.45, 7) is 1.34. The molecule has 0 unspecified atom stereocenters. The standard InChI is InChI=1S/C19H18Cl2N2OS/c1-22-8-7-19-23-17(12-25-19)14-9-16(21)18(10-15(14)20)24-11-13-5-3-2-4-6-13/h2-6,9-10,12,22H,7-8,11H2,1H3. The van der Waals surface area contributed by atoms with Gasteiger partial charge in [-0.05, 0) is 18.7 Å². The van der Waals surface area contributed by atoms with E-state index in [4.69, 9.17) is 27.9 Å². The Labute approximate surface area is 161 Å². The van der Waals surface area contributed by atoms with Gasteiger partial charge < -0.3 is 10.1 Å². The van der Waals surface area contributed by atoms with Crippen molar-refractivity contribution in [2.24, 2.45) is 0 Å². The van der Waals surface area contributed by atoms with E-state index in [1.165, 1.54) is 0 Å². The zero-order valence-electron chi connectivity index (χ0n) is 13.8. The highest BCUT2D eigenvalue weighted by atomic mass is 35.5. The molecule has 0 aliphatic carbocycles. The quantitative estimate of drug-likeness (QED) is 0.579. The summed E-state index contributed by atoms with van der Waals surface area (Å²) >= 11 is 14.5. The summed E-state index contributed by atoms with van der Waals surface area (Å²) in [6.07, 6.45) is 0.894. The molecule has 25 heavy (non-hydrogen) atoms. The second kappa shape index (κ2) is 8.68.